The molecule has 0 fully saturated rings. The van der Waals surface area contributed by atoms with E-state index < -0.39 is 9.84 Å². The lowest BCUT2D eigenvalue weighted by molar-refractivity contribution is -0.115. The van der Waals surface area contributed by atoms with Gasteiger partial charge in [-0.1, -0.05) is 37.6 Å². The molecular formula is C20H25ClN2O3S. The lowest BCUT2D eigenvalue weighted by atomic mass is 9.84. The standard InChI is InChI=1S/C20H25ClN2O3S/c1-4-20(5-2,15-6-8-16(21)9-7-15)22-14-19(24)23-17-10-12-18(13-11-17)27(3,25)26/h6-13,22H,4-5,14H2,1-3H3,(H,23,24). The van der Waals surface area contributed by atoms with Gasteiger partial charge in [-0.05, 0) is 54.8 Å². The molecular weight excluding hydrogens is 384 g/mol. The number of sulfone groups is 1. The number of rotatable bonds is 8. The minimum atomic E-state index is -3.25. The van der Waals surface area contributed by atoms with E-state index in [1.807, 2.05) is 24.3 Å². The summed E-state index contributed by atoms with van der Waals surface area (Å²) in [6.07, 6.45) is 2.79. The van der Waals surface area contributed by atoms with Crippen molar-refractivity contribution in [1.29, 1.82) is 0 Å². The number of anilines is 1. The minimum Gasteiger partial charge on any atom is -0.325 e. The first-order chi connectivity index (χ1) is 12.7. The van der Waals surface area contributed by atoms with Crippen molar-refractivity contribution in [1.82, 2.24) is 5.32 Å². The summed E-state index contributed by atoms with van der Waals surface area (Å²) in [7, 11) is -3.25. The first-order valence-electron chi connectivity index (χ1n) is 8.81. The van der Waals surface area contributed by atoms with Gasteiger partial charge in [-0.15, -0.1) is 0 Å². The fourth-order valence-electron chi connectivity index (χ4n) is 3.02. The van der Waals surface area contributed by atoms with Gasteiger partial charge in [0, 0.05) is 22.5 Å². The molecule has 0 spiro atoms. The summed E-state index contributed by atoms with van der Waals surface area (Å²) in [4.78, 5) is 12.6. The number of hydrogen-bond donors (Lipinski definition) is 2. The van der Waals surface area contributed by atoms with Crippen LogP contribution in [0.15, 0.2) is 53.4 Å². The predicted octanol–water partition coefficient (Wildman–Crippen LogP) is 3.99. The van der Waals surface area contributed by atoms with E-state index >= 15 is 0 Å². The molecule has 0 heterocycles. The molecule has 0 aliphatic carbocycles. The van der Waals surface area contributed by atoms with Gasteiger partial charge in [0.15, 0.2) is 9.84 Å². The molecule has 1 amide bonds. The second-order valence-electron chi connectivity index (χ2n) is 6.49. The Morgan fingerprint density at radius 2 is 1.56 bits per heavy atom. The third-order valence-corrected chi connectivity index (χ3v) is 6.14. The van der Waals surface area contributed by atoms with Gasteiger partial charge in [0.25, 0.3) is 0 Å². The first kappa shape index (κ1) is 21.4. The van der Waals surface area contributed by atoms with Crippen LogP contribution < -0.4 is 10.6 Å². The van der Waals surface area contributed by atoms with Crippen LogP contribution in [-0.2, 0) is 20.2 Å². The van der Waals surface area contributed by atoms with Crippen LogP contribution in [0.1, 0.15) is 32.3 Å². The summed E-state index contributed by atoms with van der Waals surface area (Å²) in [6, 6.07) is 13.8. The highest BCUT2D eigenvalue weighted by Crippen LogP contribution is 2.29. The first-order valence-corrected chi connectivity index (χ1v) is 11.1. The third kappa shape index (κ3) is 5.54. The van der Waals surface area contributed by atoms with Crippen molar-refractivity contribution in [3.8, 4) is 0 Å². The number of carbonyl (C=O) groups excluding carboxylic acids is 1. The summed E-state index contributed by atoms with van der Waals surface area (Å²) in [5.41, 5.74) is 1.32. The Kier molecular flexibility index (Phi) is 7.03. The van der Waals surface area contributed by atoms with Crippen LogP contribution in [0.3, 0.4) is 0 Å². The zero-order chi connectivity index (χ0) is 20.1. The molecule has 2 aromatic carbocycles. The summed E-state index contributed by atoms with van der Waals surface area (Å²) < 4.78 is 23.0. The second kappa shape index (κ2) is 8.87. The van der Waals surface area contributed by atoms with Crippen LogP contribution in [0.2, 0.25) is 5.02 Å². The Balaban J connectivity index is 2.04. The molecule has 0 radical (unpaired) electrons. The number of benzene rings is 2. The zero-order valence-electron chi connectivity index (χ0n) is 15.8. The highest BCUT2D eigenvalue weighted by molar-refractivity contribution is 7.90. The van der Waals surface area contributed by atoms with E-state index in [-0.39, 0.29) is 22.9 Å². The van der Waals surface area contributed by atoms with Gasteiger partial charge in [0.05, 0.1) is 11.4 Å². The Labute approximate surface area is 166 Å². The highest BCUT2D eigenvalue weighted by Gasteiger charge is 2.28. The number of halogens is 1. The molecule has 7 heteroatoms. The van der Waals surface area contributed by atoms with Gasteiger partial charge in [-0.2, -0.15) is 0 Å². The average molecular weight is 409 g/mol. The van der Waals surface area contributed by atoms with Crippen molar-refractivity contribution in [3.63, 3.8) is 0 Å². The van der Waals surface area contributed by atoms with Crippen molar-refractivity contribution in [2.24, 2.45) is 0 Å². The van der Waals surface area contributed by atoms with Gasteiger partial charge >= 0.3 is 0 Å². The zero-order valence-corrected chi connectivity index (χ0v) is 17.3. The predicted molar refractivity (Wildman–Crippen MR) is 110 cm³/mol. The molecule has 0 saturated carbocycles. The molecule has 0 saturated heterocycles. The van der Waals surface area contributed by atoms with Crippen LogP contribution in [0.5, 0.6) is 0 Å². The van der Waals surface area contributed by atoms with Gasteiger partial charge < -0.3 is 5.32 Å². The highest BCUT2D eigenvalue weighted by atomic mass is 35.5. The average Bonchev–Trinajstić information content (AvgIpc) is 2.64. The maximum Gasteiger partial charge on any atom is 0.238 e. The summed E-state index contributed by atoms with van der Waals surface area (Å²) in [5.74, 6) is -0.192. The van der Waals surface area contributed by atoms with Crippen LogP contribution in [0, 0.1) is 0 Å². The molecule has 0 bridgehead atoms. The number of carbonyl (C=O) groups is 1. The third-order valence-electron chi connectivity index (χ3n) is 4.76. The van der Waals surface area contributed by atoms with Gasteiger partial charge in [0.2, 0.25) is 5.91 Å². The molecule has 146 valence electrons. The largest absolute Gasteiger partial charge is 0.325 e. The smallest absolute Gasteiger partial charge is 0.238 e. The van der Waals surface area contributed by atoms with Crippen molar-refractivity contribution in [2.45, 2.75) is 37.1 Å². The maximum atomic E-state index is 12.3. The van der Waals surface area contributed by atoms with Gasteiger partial charge in [-0.25, -0.2) is 8.42 Å². The molecule has 2 N–H and O–H groups in total. The monoisotopic (exact) mass is 408 g/mol. The Bertz CT molecular complexity index is 874. The summed E-state index contributed by atoms with van der Waals surface area (Å²) in [6.45, 7) is 4.29. The van der Waals surface area contributed by atoms with Crippen molar-refractivity contribution >= 4 is 33.0 Å². The molecule has 2 aromatic rings. The van der Waals surface area contributed by atoms with E-state index in [0.717, 1.165) is 24.7 Å². The summed E-state index contributed by atoms with van der Waals surface area (Å²) >= 11 is 5.98. The molecule has 0 aliphatic rings. The van der Waals surface area contributed by atoms with Crippen molar-refractivity contribution in [2.75, 3.05) is 18.1 Å². The van der Waals surface area contributed by atoms with E-state index in [9.17, 15) is 13.2 Å². The van der Waals surface area contributed by atoms with Crippen LogP contribution in [0.25, 0.3) is 0 Å². The summed E-state index contributed by atoms with van der Waals surface area (Å²) in [5, 5.41) is 6.83. The van der Waals surface area contributed by atoms with E-state index in [1.165, 1.54) is 12.1 Å². The molecule has 0 atom stereocenters. The quantitative estimate of drug-likeness (QED) is 0.692. The van der Waals surface area contributed by atoms with Gasteiger partial charge in [-0.3, -0.25) is 10.1 Å². The molecule has 2 rings (SSSR count). The fourth-order valence-corrected chi connectivity index (χ4v) is 3.78. The Hall–Kier alpha value is -1.89. The Morgan fingerprint density at radius 3 is 2.04 bits per heavy atom. The van der Waals surface area contributed by atoms with Crippen molar-refractivity contribution in [3.05, 3.63) is 59.1 Å². The van der Waals surface area contributed by atoms with E-state index in [4.69, 9.17) is 11.6 Å². The van der Waals surface area contributed by atoms with Crippen LogP contribution in [0.4, 0.5) is 5.69 Å². The Morgan fingerprint density at radius 1 is 1.00 bits per heavy atom. The van der Waals surface area contributed by atoms with E-state index in [2.05, 4.69) is 24.5 Å². The molecule has 27 heavy (non-hydrogen) atoms. The molecule has 0 aliphatic heterocycles. The maximum absolute atomic E-state index is 12.3. The normalized spacial score (nSPS) is 12.0. The lowest BCUT2D eigenvalue weighted by Gasteiger charge is -2.33. The van der Waals surface area contributed by atoms with Crippen LogP contribution >= 0.6 is 11.6 Å². The number of nitrogens with one attached hydrogen (secondary N) is 2. The minimum absolute atomic E-state index is 0.137. The molecule has 0 aromatic heterocycles. The number of hydrogen-bond acceptors (Lipinski definition) is 4. The molecule has 5 nitrogen and oxygen atoms in total. The van der Waals surface area contributed by atoms with Crippen molar-refractivity contribution < 1.29 is 13.2 Å². The molecule has 0 unspecified atom stereocenters. The topological polar surface area (TPSA) is 75.3 Å². The van der Waals surface area contributed by atoms with E-state index in [1.54, 1.807) is 12.1 Å². The second-order valence-corrected chi connectivity index (χ2v) is 8.95. The fraction of sp³-hybridized carbons (Fsp3) is 0.350. The SMILES string of the molecule is CCC(CC)(NCC(=O)Nc1ccc(S(C)(=O)=O)cc1)c1ccc(Cl)cc1. The van der Waals surface area contributed by atoms with E-state index in [0.29, 0.717) is 10.7 Å². The lowest BCUT2D eigenvalue weighted by Crippen LogP contribution is -2.45. The van der Waals surface area contributed by atoms with Gasteiger partial charge in [0.1, 0.15) is 0 Å². The van der Waals surface area contributed by atoms with Crippen LogP contribution in [-0.4, -0.2) is 27.1 Å². The number of amides is 1.